The summed E-state index contributed by atoms with van der Waals surface area (Å²) in [4.78, 5) is 34.6. The average molecular weight is 431 g/mol. The Morgan fingerprint density at radius 1 is 1.30 bits per heavy atom. The highest BCUT2D eigenvalue weighted by molar-refractivity contribution is 7.88. The number of carbonyl (C=O) groups is 1. The minimum Gasteiger partial charge on any atom is -0.342 e. The number of nitrogens with zero attached hydrogens (tertiary/aromatic N) is 3. The monoisotopic (exact) mass is 430 g/mol. The van der Waals surface area contributed by atoms with Crippen molar-refractivity contribution in [3.05, 3.63) is 62.8 Å². The minimum atomic E-state index is -3.34. The van der Waals surface area contributed by atoms with Gasteiger partial charge in [-0.05, 0) is 25.3 Å². The lowest BCUT2D eigenvalue weighted by molar-refractivity contribution is -0.129. The van der Waals surface area contributed by atoms with Gasteiger partial charge in [-0.25, -0.2) is 13.4 Å². The van der Waals surface area contributed by atoms with Gasteiger partial charge in [-0.1, -0.05) is 29.8 Å². The summed E-state index contributed by atoms with van der Waals surface area (Å²) in [6.45, 7) is 3.53. The standard InChI is InChI=1S/C21H26N4O4S/c1-14-4-3-5-15(10-14)11-19(26)24-8-6-16(12-24)20-22-18-13-25(30(2,28)29)9-7-17(18)21(27)23-20/h3-5,10,16H,6-9,11-13H2,1-2H3,(H,22,23,27). The highest BCUT2D eigenvalue weighted by Gasteiger charge is 2.31. The number of benzene rings is 1. The van der Waals surface area contributed by atoms with Crippen LogP contribution < -0.4 is 5.56 Å². The van der Waals surface area contributed by atoms with Crippen molar-refractivity contribution in [3.8, 4) is 0 Å². The fourth-order valence-corrected chi connectivity index (χ4v) is 5.01. The molecule has 3 heterocycles. The zero-order valence-corrected chi connectivity index (χ0v) is 18.0. The Kier molecular flexibility index (Phi) is 5.50. The predicted octanol–water partition coefficient (Wildman–Crippen LogP) is 0.955. The molecule has 0 spiro atoms. The first-order valence-electron chi connectivity index (χ1n) is 10.1. The summed E-state index contributed by atoms with van der Waals surface area (Å²) in [5, 5.41) is 0. The Bertz CT molecular complexity index is 1140. The predicted molar refractivity (Wildman–Crippen MR) is 113 cm³/mol. The number of likely N-dealkylation sites (tertiary alicyclic amines) is 1. The van der Waals surface area contributed by atoms with Crippen LogP contribution in [0.5, 0.6) is 0 Å². The van der Waals surface area contributed by atoms with Crippen LogP contribution in [0.2, 0.25) is 0 Å². The van der Waals surface area contributed by atoms with Gasteiger partial charge in [-0.2, -0.15) is 4.31 Å². The molecule has 0 aliphatic carbocycles. The SMILES string of the molecule is Cc1cccc(CC(=O)N2CCC(c3nc4c(c(=O)[nH]3)CCN(S(C)(=O)=O)C4)C2)c1. The Labute approximate surface area is 176 Å². The summed E-state index contributed by atoms with van der Waals surface area (Å²) < 4.78 is 25.1. The third-order valence-electron chi connectivity index (χ3n) is 5.89. The maximum absolute atomic E-state index is 12.7. The highest BCUT2D eigenvalue weighted by atomic mass is 32.2. The van der Waals surface area contributed by atoms with Gasteiger partial charge < -0.3 is 9.88 Å². The summed E-state index contributed by atoms with van der Waals surface area (Å²) in [5.74, 6) is 0.546. The van der Waals surface area contributed by atoms with E-state index in [2.05, 4.69) is 9.97 Å². The maximum atomic E-state index is 12.7. The third kappa shape index (κ3) is 4.32. The number of hydrogen-bond donors (Lipinski definition) is 1. The van der Waals surface area contributed by atoms with Crippen LogP contribution in [0.3, 0.4) is 0 Å². The molecule has 2 aliphatic rings. The van der Waals surface area contributed by atoms with E-state index in [1.807, 2.05) is 36.1 Å². The number of aromatic nitrogens is 2. The summed E-state index contributed by atoms with van der Waals surface area (Å²) in [6.07, 6.45) is 2.60. The van der Waals surface area contributed by atoms with E-state index in [9.17, 15) is 18.0 Å². The molecule has 1 atom stereocenters. The van der Waals surface area contributed by atoms with Crippen LogP contribution in [-0.4, -0.2) is 59.4 Å². The van der Waals surface area contributed by atoms with Gasteiger partial charge in [-0.3, -0.25) is 9.59 Å². The second kappa shape index (κ2) is 7.96. The first-order valence-corrected chi connectivity index (χ1v) is 12.0. The van der Waals surface area contributed by atoms with Gasteiger partial charge in [0, 0.05) is 31.1 Å². The van der Waals surface area contributed by atoms with Crippen molar-refractivity contribution in [3.63, 3.8) is 0 Å². The summed E-state index contributed by atoms with van der Waals surface area (Å²) >= 11 is 0. The van der Waals surface area contributed by atoms with Gasteiger partial charge in [0.25, 0.3) is 5.56 Å². The second-order valence-electron chi connectivity index (χ2n) is 8.21. The molecule has 1 aromatic carbocycles. The molecule has 8 nitrogen and oxygen atoms in total. The van der Waals surface area contributed by atoms with Crippen molar-refractivity contribution in [2.45, 2.75) is 38.6 Å². The zero-order chi connectivity index (χ0) is 21.5. The van der Waals surface area contributed by atoms with E-state index >= 15 is 0 Å². The van der Waals surface area contributed by atoms with E-state index in [1.165, 1.54) is 10.6 Å². The van der Waals surface area contributed by atoms with Gasteiger partial charge in [-0.15, -0.1) is 0 Å². The summed E-state index contributed by atoms with van der Waals surface area (Å²) in [7, 11) is -3.34. The van der Waals surface area contributed by atoms with Crippen LogP contribution in [0.4, 0.5) is 0 Å². The molecule has 9 heteroatoms. The molecule has 1 N–H and O–H groups in total. The van der Waals surface area contributed by atoms with Crippen molar-refractivity contribution >= 4 is 15.9 Å². The Morgan fingerprint density at radius 2 is 2.10 bits per heavy atom. The van der Waals surface area contributed by atoms with Crippen LogP contribution in [0, 0.1) is 6.92 Å². The summed E-state index contributed by atoms with van der Waals surface area (Å²) in [6, 6.07) is 7.92. The number of H-pyrrole nitrogens is 1. The van der Waals surface area contributed by atoms with Crippen molar-refractivity contribution in [2.75, 3.05) is 25.9 Å². The van der Waals surface area contributed by atoms with Crippen LogP contribution in [0.25, 0.3) is 0 Å². The first-order chi connectivity index (χ1) is 14.2. The number of hydrogen-bond acceptors (Lipinski definition) is 5. The summed E-state index contributed by atoms with van der Waals surface area (Å²) in [5.41, 5.74) is 3.00. The first kappa shape index (κ1) is 20.7. The number of aryl methyl sites for hydroxylation is 1. The number of nitrogens with one attached hydrogen (secondary N) is 1. The number of amides is 1. The molecule has 1 saturated heterocycles. The van der Waals surface area contributed by atoms with Crippen LogP contribution >= 0.6 is 0 Å². The van der Waals surface area contributed by atoms with Gasteiger partial charge in [0.2, 0.25) is 15.9 Å². The molecule has 160 valence electrons. The topological polar surface area (TPSA) is 103 Å². The lowest BCUT2D eigenvalue weighted by Crippen LogP contribution is -2.39. The molecule has 1 fully saturated rings. The van der Waals surface area contributed by atoms with Crippen molar-refractivity contribution in [1.29, 1.82) is 0 Å². The lowest BCUT2D eigenvalue weighted by Gasteiger charge is -2.26. The molecule has 2 aromatic rings. The zero-order valence-electron chi connectivity index (χ0n) is 17.2. The molecule has 1 aromatic heterocycles. The van der Waals surface area contributed by atoms with E-state index in [4.69, 9.17) is 0 Å². The van der Waals surface area contributed by atoms with Crippen molar-refractivity contribution in [2.24, 2.45) is 0 Å². The van der Waals surface area contributed by atoms with E-state index < -0.39 is 10.0 Å². The number of carbonyl (C=O) groups excluding carboxylic acids is 1. The van der Waals surface area contributed by atoms with Gasteiger partial charge >= 0.3 is 0 Å². The number of sulfonamides is 1. The highest BCUT2D eigenvalue weighted by Crippen LogP contribution is 2.26. The lowest BCUT2D eigenvalue weighted by atomic mass is 10.1. The molecule has 1 amide bonds. The molecule has 2 aliphatic heterocycles. The number of aromatic amines is 1. The smallest absolute Gasteiger partial charge is 0.254 e. The molecule has 1 unspecified atom stereocenters. The Balaban J connectivity index is 1.48. The minimum absolute atomic E-state index is 0.0573. The Hall–Kier alpha value is -2.52. The quantitative estimate of drug-likeness (QED) is 0.778. The van der Waals surface area contributed by atoms with Gasteiger partial charge in [0.1, 0.15) is 5.82 Å². The van der Waals surface area contributed by atoms with Crippen LogP contribution in [0.15, 0.2) is 29.1 Å². The molecular formula is C21H26N4O4S. The Morgan fingerprint density at radius 3 is 2.83 bits per heavy atom. The molecule has 30 heavy (non-hydrogen) atoms. The molecule has 0 radical (unpaired) electrons. The normalized spacial score (nSPS) is 19.7. The molecule has 0 saturated carbocycles. The largest absolute Gasteiger partial charge is 0.342 e. The average Bonchev–Trinajstić information content (AvgIpc) is 3.17. The number of fused-ring (bicyclic) bond motifs is 1. The van der Waals surface area contributed by atoms with E-state index in [0.29, 0.717) is 49.6 Å². The molecular weight excluding hydrogens is 404 g/mol. The maximum Gasteiger partial charge on any atom is 0.254 e. The second-order valence-corrected chi connectivity index (χ2v) is 10.2. The van der Waals surface area contributed by atoms with Crippen LogP contribution in [0.1, 0.15) is 40.5 Å². The fourth-order valence-electron chi connectivity index (χ4n) is 4.23. The van der Waals surface area contributed by atoms with Gasteiger partial charge in [0.15, 0.2) is 0 Å². The van der Waals surface area contributed by atoms with Crippen molar-refractivity contribution < 1.29 is 13.2 Å². The fraction of sp³-hybridized carbons (Fsp3) is 0.476. The van der Waals surface area contributed by atoms with Gasteiger partial charge in [0.05, 0.1) is 24.9 Å². The number of rotatable bonds is 4. The molecule has 4 rings (SSSR count). The van der Waals surface area contributed by atoms with E-state index in [0.717, 1.165) is 17.5 Å². The van der Waals surface area contributed by atoms with Crippen molar-refractivity contribution in [1.82, 2.24) is 19.2 Å². The van der Waals surface area contributed by atoms with Crippen LogP contribution in [-0.2, 0) is 34.2 Å². The van der Waals surface area contributed by atoms with E-state index in [-0.39, 0.29) is 23.9 Å². The molecule has 0 bridgehead atoms. The van der Waals surface area contributed by atoms with E-state index in [1.54, 1.807) is 0 Å². The third-order valence-corrected chi connectivity index (χ3v) is 7.14.